The van der Waals surface area contributed by atoms with E-state index < -0.39 is 41.6 Å². The fourth-order valence-corrected chi connectivity index (χ4v) is 5.64. The highest BCUT2D eigenvalue weighted by atomic mass is 32.1. The van der Waals surface area contributed by atoms with Gasteiger partial charge < -0.3 is 26.0 Å². The molecule has 5 rings (SSSR count). The molecule has 0 unspecified atom stereocenters. The van der Waals surface area contributed by atoms with E-state index in [4.69, 9.17) is 15.9 Å². The summed E-state index contributed by atoms with van der Waals surface area (Å²) < 4.78 is 34.2. The van der Waals surface area contributed by atoms with E-state index in [9.17, 15) is 23.2 Å². The smallest absolute Gasteiger partial charge is 0.256 e. The van der Waals surface area contributed by atoms with Gasteiger partial charge in [0.2, 0.25) is 11.8 Å². The minimum atomic E-state index is -2.95. The van der Waals surface area contributed by atoms with Gasteiger partial charge in [-0.15, -0.1) is 11.3 Å². The number of likely N-dealkylation sites (tertiary alicyclic amines) is 1. The van der Waals surface area contributed by atoms with Crippen molar-refractivity contribution in [3.05, 3.63) is 82.0 Å². The summed E-state index contributed by atoms with van der Waals surface area (Å²) in [5.41, 5.74) is 4.86. The van der Waals surface area contributed by atoms with E-state index in [1.807, 2.05) is 18.2 Å². The number of nitrogens with two attached hydrogens (primary N) is 1. The number of nitrogen functional groups attached to an aromatic ring is 1. The molecule has 2 aliphatic rings. The molecular formula is C28H27F2N5O4S. The Morgan fingerprint density at radius 3 is 2.35 bits per heavy atom. The Morgan fingerprint density at radius 1 is 1.05 bits per heavy atom. The SMILES string of the molecule is N=C(N)c1csc(CNC(=O)[C@@H]2C[C@]3(CN2C(=O)CNC(=O)c2ccc(Oc4ccccc4)cc2)CC3(F)F)c1. The molecule has 0 radical (unpaired) electrons. The van der Waals surface area contributed by atoms with Crippen LogP contribution in [0.1, 0.15) is 33.6 Å². The maximum absolute atomic E-state index is 14.2. The number of carbonyl (C=O) groups is 3. The number of hydrogen-bond donors (Lipinski definition) is 4. The minimum Gasteiger partial charge on any atom is -0.457 e. The van der Waals surface area contributed by atoms with Crippen LogP contribution >= 0.6 is 11.3 Å². The number of carbonyl (C=O) groups excluding carboxylic acids is 3. The number of nitrogens with zero attached hydrogens (tertiary/aromatic N) is 1. The molecule has 9 nitrogen and oxygen atoms in total. The molecule has 2 atom stereocenters. The highest BCUT2D eigenvalue weighted by molar-refractivity contribution is 7.10. The third-order valence-corrected chi connectivity index (χ3v) is 8.10. The van der Waals surface area contributed by atoms with Gasteiger partial charge in [-0.2, -0.15) is 0 Å². The summed E-state index contributed by atoms with van der Waals surface area (Å²) in [6.45, 7) is -0.593. The number of benzene rings is 2. The lowest BCUT2D eigenvalue weighted by atomic mass is 10.0. The molecule has 40 heavy (non-hydrogen) atoms. The topological polar surface area (TPSA) is 138 Å². The van der Waals surface area contributed by atoms with Crippen LogP contribution in [0.4, 0.5) is 8.78 Å². The van der Waals surface area contributed by atoms with Crippen molar-refractivity contribution in [3.63, 3.8) is 0 Å². The second-order valence-electron chi connectivity index (χ2n) is 9.96. The van der Waals surface area contributed by atoms with Crippen LogP contribution in [0, 0.1) is 10.8 Å². The molecule has 3 aromatic rings. The van der Waals surface area contributed by atoms with E-state index in [0.717, 1.165) is 9.78 Å². The van der Waals surface area contributed by atoms with Crippen LogP contribution < -0.4 is 21.1 Å². The van der Waals surface area contributed by atoms with Crippen molar-refractivity contribution in [2.75, 3.05) is 13.1 Å². The zero-order chi connectivity index (χ0) is 28.5. The number of ether oxygens (including phenoxy) is 1. The van der Waals surface area contributed by atoms with E-state index in [0.29, 0.717) is 17.1 Å². The molecule has 12 heteroatoms. The summed E-state index contributed by atoms with van der Waals surface area (Å²) in [6.07, 6.45) is -0.540. The average Bonchev–Trinajstić information content (AvgIpc) is 3.31. The van der Waals surface area contributed by atoms with Crippen molar-refractivity contribution in [2.24, 2.45) is 11.1 Å². The first-order chi connectivity index (χ1) is 19.1. The Labute approximate surface area is 232 Å². The Kier molecular flexibility index (Phi) is 7.28. The number of alkyl halides is 2. The lowest BCUT2D eigenvalue weighted by Crippen LogP contribution is -2.48. The number of amidine groups is 1. The number of para-hydroxylation sites is 1. The molecule has 3 amide bonds. The fraction of sp³-hybridized carbons (Fsp3) is 0.286. The molecule has 5 N–H and O–H groups in total. The summed E-state index contributed by atoms with van der Waals surface area (Å²) in [5.74, 6) is -3.57. The van der Waals surface area contributed by atoms with E-state index in [-0.39, 0.29) is 37.3 Å². The van der Waals surface area contributed by atoms with Crippen molar-refractivity contribution >= 4 is 34.9 Å². The normalized spacial score (nSPS) is 20.6. The Balaban J connectivity index is 1.19. The number of thiophene rings is 1. The van der Waals surface area contributed by atoms with Gasteiger partial charge in [-0.05, 0) is 48.9 Å². The van der Waals surface area contributed by atoms with E-state index >= 15 is 0 Å². The van der Waals surface area contributed by atoms with Crippen molar-refractivity contribution in [3.8, 4) is 11.5 Å². The van der Waals surface area contributed by atoms with Gasteiger partial charge in [0, 0.05) is 34.3 Å². The van der Waals surface area contributed by atoms with Crippen molar-refractivity contribution < 1.29 is 27.9 Å². The molecule has 1 spiro atoms. The number of rotatable bonds is 9. The highest BCUT2D eigenvalue weighted by Crippen LogP contribution is 2.66. The molecule has 2 heterocycles. The molecule has 0 bridgehead atoms. The molecule has 1 aliphatic heterocycles. The summed E-state index contributed by atoms with van der Waals surface area (Å²) in [4.78, 5) is 40.6. The van der Waals surface area contributed by atoms with Crippen LogP contribution in [0.2, 0.25) is 0 Å². The van der Waals surface area contributed by atoms with Gasteiger partial charge in [0.25, 0.3) is 11.8 Å². The standard InChI is InChI=1S/C28H27F2N5O4S/c29-28(30)15-27(28)11-22(26(38)33-12-21-10-18(14-40-21)24(31)32)35(16-27)23(36)13-34-25(37)17-6-8-20(9-7-17)39-19-4-2-1-3-5-19/h1-10,14,22H,11-13,15-16H2,(H3,31,32)(H,33,38)(H,34,37)/t22-,27+/m0/s1. The maximum atomic E-state index is 14.2. The quantitative estimate of drug-likeness (QED) is 0.232. The Bertz CT molecular complexity index is 1450. The first-order valence-corrected chi connectivity index (χ1v) is 13.4. The Morgan fingerprint density at radius 2 is 1.73 bits per heavy atom. The maximum Gasteiger partial charge on any atom is 0.256 e. The largest absolute Gasteiger partial charge is 0.457 e. The monoisotopic (exact) mass is 567 g/mol. The molecular weight excluding hydrogens is 540 g/mol. The first kappa shape index (κ1) is 27.3. The number of hydrogen-bond acceptors (Lipinski definition) is 6. The van der Waals surface area contributed by atoms with Crippen LogP contribution in [0.3, 0.4) is 0 Å². The van der Waals surface area contributed by atoms with Gasteiger partial charge in [0.05, 0.1) is 18.5 Å². The van der Waals surface area contributed by atoms with Gasteiger partial charge in [0.15, 0.2) is 0 Å². The van der Waals surface area contributed by atoms with Crippen molar-refractivity contribution in [1.82, 2.24) is 15.5 Å². The number of nitrogens with one attached hydrogen (secondary N) is 3. The van der Waals surface area contributed by atoms with Gasteiger partial charge in [-0.1, -0.05) is 18.2 Å². The van der Waals surface area contributed by atoms with Crippen LogP contribution in [-0.2, 0) is 16.1 Å². The van der Waals surface area contributed by atoms with Crippen LogP contribution in [0.15, 0.2) is 66.0 Å². The molecule has 2 aromatic carbocycles. The third kappa shape index (κ3) is 5.67. The van der Waals surface area contributed by atoms with Crippen LogP contribution in [-0.4, -0.2) is 53.5 Å². The third-order valence-electron chi connectivity index (χ3n) is 7.16. The molecule has 1 saturated heterocycles. The van der Waals surface area contributed by atoms with Crippen molar-refractivity contribution in [1.29, 1.82) is 5.41 Å². The fourth-order valence-electron chi connectivity index (χ4n) is 4.82. The lowest BCUT2D eigenvalue weighted by Gasteiger charge is -2.24. The van der Waals surface area contributed by atoms with Crippen molar-refractivity contribution in [2.45, 2.75) is 31.4 Å². The van der Waals surface area contributed by atoms with Crippen LogP contribution in [0.25, 0.3) is 0 Å². The zero-order valence-corrected chi connectivity index (χ0v) is 22.1. The van der Waals surface area contributed by atoms with Gasteiger partial charge in [-0.25, -0.2) is 8.78 Å². The van der Waals surface area contributed by atoms with E-state index in [2.05, 4.69) is 10.6 Å². The molecule has 1 aromatic heterocycles. The van der Waals surface area contributed by atoms with Gasteiger partial charge in [0.1, 0.15) is 23.4 Å². The number of amides is 3. The number of halogens is 2. The van der Waals surface area contributed by atoms with Gasteiger partial charge in [-0.3, -0.25) is 19.8 Å². The van der Waals surface area contributed by atoms with Gasteiger partial charge >= 0.3 is 0 Å². The summed E-state index contributed by atoms with van der Waals surface area (Å²) >= 11 is 1.30. The van der Waals surface area contributed by atoms with E-state index in [1.54, 1.807) is 47.8 Å². The highest BCUT2D eigenvalue weighted by Gasteiger charge is 2.75. The zero-order valence-electron chi connectivity index (χ0n) is 21.3. The lowest BCUT2D eigenvalue weighted by molar-refractivity contribution is -0.137. The summed E-state index contributed by atoms with van der Waals surface area (Å²) in [5, 5.41) is 14.4. The molecule has 1 saturated carbocycles. The van der Waals surface area contributed by atoms with Crippen LogP contribution in [0.5, 0.6) is 11.5 Å². The molecule has 208 valence electrons. The minimum absolute atomic E-state index is 0.0993. The summed E-state index contributed by atoms with van der Waals surface area (Å²) in [7, 11) is 0. The summed E-state index contributed by atoms with van der Waals surface area (Å²) in [6, 6.07) is 16.1. The molecule has 1 aliphatic carbocycles. The Hall–Kier alpha value is -4.32. The second kappa shape index (κ2) is 10.7. The predicted molar refractivity (Wildman–Crippen MR) is 145 cm³/mol. The first-order valence-electron chi connectivity index (χ1n) is 12.5. The predicted octanol–water partition coefficient (Wildman–Crippen LogP) is 3.50. The second-order valence-corrected chi connectivity index (χ2v) is 11.0. The van der Waals surface area contributed by atoms with E-state index in [1.165, 1.54) is 11.3 Å². The molecule has 2 fully saturated rings. The average molecular weight is 568 g/mol.